The molecule has 1 fully saturated rings. The van der Waals surface area contributed by atoms with Crippen LogP contribution < -0.4 is 10.6 Å². The van der Waals surface area contributed by atoms with Crippen LogP contribution in [0.5, 0.6) is 0 Å². The van der Waals surface area contributed by atoms with Crippen LogP contribution in [0.15, 0.2) is 47.1 Å². The summed E-state index contributed by atoms with van der Waals surface area (Å²) in [6, 6.07) is 9.82. The predicted octanol–water partition coefficient (Wildman–Crippen LogP) is 4.22. The Labute approximate surface area is 171 Å². The summed E-state index contributed by atoms with van der Waals surface area (Å²) in [6.07, 6.45) is 5.73. The van der Waals surface area contributed by atoms with Gasteiger partial charge in [0.15, 0.2) is 0 Å². The zero-order valence-corrected chi connectivity index (χ0v) is 16.8. The van der Waals surface area contributed by atoms with E-state index in [9.17, 15) is 9.59 Å². The maximum Gasteiger partial charge on any atom is 0.321 e. The first kappa shape index (κ1) is 18.9. The Morgan fingerprint density at radius 1 is 1.14 bits per heavy atom. The van der Waals surface area contributed by atoms with Gasteiger partial charge in [-0.1, -0.05) is 54.9 Å². The first-order valence-electron chi connectivity index (χ1n) is 9.21. The molecule has 0 aliphatic heterocycles. The van der Waals surface area contributed by atoms with Crippen LogP contribution in [-0.2, 0) is 4.79 Å². The van der Waals surface area contributed by atoms with Crippen molar-refractivity contribution in [2.75, 3.05) is 5.75 Å². The lowest BCUT2D eigenvalue weighted by atomic mass is 10.1. The van der Waals surface area contributed by atoms with Gasteiger partial charge in [0.2, 0.25) is 5.91 Å². The number of carbonyl (C=O) groups excluding carboxylic acids is 2. The Kier molecular flexibility index (Phi) is 5.87. The number of nitrogens with zero attached hydrogens (tertiary/aromatic N) is 2. The van der Waals surface area contributed by atoms with Crippen LogP contribution in [0.25, 0.3) is 21.3 Å². The summed E-state index contributed by atoms with van der Waals surface area (Å²) in [5.41, 5.74) is 2.15. The van der Waals surface area contributed by atoms with Crippen LogP contribution in [0, 0.1) is 0 Å². The minimum Gasteiger partial charge on any atom is -0.335 e. The highest BCUT2D eigenvalue weighted by Crippen LogP contribution is 2.37. The molecule has 1 saturated carbocycles. The molecule has 3 amide bonds. The van der Waals surface area contributed by atoms with Gasteiger partial charge in [-0.3, -0.25) is 10.1 Å². The molecule has 8 heteroatoms. The molecule has 2 heterocycles. The van der Waals surface area contributed by atoms with E-state index in [-0.39, 0.29) is 17.7 Å². The molecule has 144 valence electrons. The van der Waals surface area contributed by atoms with Gasteiger partial charge in [-0.2, -0.15) is 0 Å². The summed E-state index contributed by atoms with van der Waals surface area (Å²) >= 11 is 2.88. The second-order valence-corrected chi connectivity index (χ2v) is 8.49. The molecule has 1 aromatic carbocycles. The van der Waals surface area contributed by atoms with E-state index in [0.717, 1.165) is 52.1 Å². The molecule has 6 nitrogen and oxygen atoms in total. The zero-order valence-electron chi connectivity index (χ0n) is 15.2. The van der Waals surface area contributed by atoms with Gasteiger partial charge in [-0.05, 0) is 18.4 Å². The number of thiophene rings is 1. The summed E-state index contributed by atoms with van der Waals surface area (Å²) in [6.45, 7) is 0. The number of carbonyl (C=O) groups is 2. The Hall–Kier alpha value is -2.45. The molecular weight excluding hydrogens is 392 g/mol. The summed E-state index contributed by atoms with van der Waals surface area (Å²) in [7, 11) is 0. The Morgan fingerprint density at radius 2 is 1.93 bits per heavy atom. The van der Waals surface area contributed by atoms with Gasteiger partial charge in [0, 0.05) is 17.0 Å². The van der Waals surface area contributed by atoms with Crippen LogP contribution >= 0.6 is 23.1 Å². The molecule has 0 radical (unpaired) electrons. The molecule has 1 aliphatic rings. The third-order valence-corrected chi connectivity index (χ3v) is 6.58. The molecule has 2 N–H and O–H groups in total. The smallest absolute Gasteiger partial charge is 0.321 e. The van der Waals surface area contributed by atoms with E-state index in [1.54, 1.807) is 11.3 Å². The number of fused-ring (bicyclic) bond motifs is 1. The topological polar surface area (TPSA) is 84.0 Å². The number of thioether (sulfide) groups is 1. The predicted molar refractivity (Wildman–Crippen MR) is 113 cm³/mol. The average Bonchev–Trinajstić information content (AvgIpc) is 3.37. The Bertz CT molecular complexity index is 984. The molecule has 4 rings (SSSR count). The quantitative estimate of drug-likeness (QED) is 0.484. The lowest BCUT2D eigenvalue weighted by Crippen LogP contribution is -2.44. The summed E-state index contributed by atoms with van der Waals surface area (Å²) < 4.78 is 0. The fraction of sp³-hybridized carbons (Fsp3) is 0.300. The van der Waals surface area contributed by atoms with E-state index < -0.39 is 6.03 Å². The van der Waals surface area contributed by atoms with Crippen molar-refractivity contribution >= 4 is 45.3 Å². The molecule has 0 unspecified atom stereocenters. The van der Waals surface area contributed by atoms with Crippen molar-refractivity contribution in [3.05, 3.63) is 42.0 Å². The largest absolute Gasteiger partial charge is 0.335 e. The van der Waals surface area contributed by atoms with Crippen molar-refractivity contribution in [2.45, 2.75) is 36.8 Å². The lowest BCUT2D eigenvalue weighted by molar-refractivity contribution is -0.117. The van der Waals surface area contributed by atoms with Gasteiger partial charge in [-0.25, -0.2) is 14.8 Å². The molecule has 0 atom stereocenters. The van der Waals surface area contributed by atoms with Crippen LogP contribution in [-0.4, -0.2) is 33.7 Å². The van der Waals surface area contributed by atoms with Crippen molar-refractivity contribution < 1.29 is 9.59 Å². The number of amides is 3. The van der Waals surface area contributed by atoms with Gasteiger partial charge in [0.05, 0.1) is 11.1 Å². The number of benzene rings is 1. The number of aromatic nitrogens is 2. The molecule has 28 heavy (non-hydrogen) atoms. The monoisotopic (exact) mass is 412 g/mol. The van der Waals surface area contributed by atoms with E-state index in [4.69, 9.17) is 0 Å². The summed E-state index contributed by atoms with van der Waals surface area (Å²) in [5, 5.41) is 9.04. The number of hydrogen-bond donors (Lipinski definition) is 2. The van der Waals surface area contributed by atoms with Crippen molar-refractivity contribution in [2.24, 2.45) is 0 Å². The van der Waals surface area contributed by atoms with Crippen LogP contribution in [0.2, 0.25) is 0 Å². The summed E-state index contributed by atoms with van der Waals surface area (Å²) in [4.78, 5) is 33.8. The second kappa shape index (κ2) is 8.70. The highest BCUT2D eigenvalue weighted by molar-refractivity contribution is 8.00. The van der Waals surface area contributed by atoms with E-state index in [1.807, 2.05) is 30.3 Å². The first-order chi connectivity index (χ1) is 13.7. The van der Waals surface area contributed by atoms with E-state index in [0.29, 0.717) is 0 Å². The number of urea groups is 1. The number of hydrogen-bond acceptors (Lipinski definition) is 6. The molecule has 0 spiro atoms. The molecule has 2 aromatic heterocycles. The fourth-order valence-electron chi connectivity index (χ4n) is 3.38. The van der Waals surface area contributed by atoms with Crippen LogP contribution in [0.1, 0.15) is 25.7 Å². The minimum atomic E-state index is -0.411. The highest BCUT2D eigenvalue weighted by Gasteiger charge is 2.19. The molecule has 3 aromatic rings. The van der Waals surface area contributed by atoms with Crippen LogP contribution in [0.3, 0.4) is 0 Å². The van der Waals surface area contributed by atoms with Crippen LogP contribution in [0.4, 0.5) is 4.79 Å². The summed E-state index contributed by atoms with van der Waals surface area (Å²) in [5.74, 6) is -0.211. The molecule has 0 bridgehead atoms. The number of rotatable bonds is 5. The molecule has 1 aliphatic carbocycles. The van der Waals surface area contributed by atoms with Gasteiger partial charge in [0.1, 0.15) is 16.2 Å². The zero-order chi connectivity index (χ0) is 19.3. The van der Waals surface area contributed by atoms with E-state index >= 15 is 0 Å². The van der Waals surface area contributed by atoms with E-state index in [1.165, 1.54) is 18.1 Å². The second-order valence-electron chi connectivity index (χ2n) is 6.67. The third kappa shape index (κ3) is 4.34. The van der Waals surface area contributed by atoms with Crippen molar-refractivity contribution in [1.29, 1.82) is 0 Å². The lowest BCUT2D eigenvalue weighted by Gasteiger charge is -2.12. The van der Waals surface area contributed by atoms with Crippen molar-refractivity contribution in [3.8, 4) is 11.1 Å². The molecule has 0 saturated heterocycles. The maximum absolute atomic E-state index is 12.2. The maximum atomic E-state index is 12.2. The third-order valence-electron chi connectivity index (χ3n) is 4.70. The van der Waals surface area contributed by atoms with Gasteiger partial charge >= 0.3 is 6.03 Å². The highest BCUT2D eigenvalue weighted by atomic mass is 32.2. The minimum absolute atomic E-state index is 0.119. The average molecular weight is 413 g/mol. The number of nitrogens with one attached hydrogen (secondary N) is 2. The van der Waals surface area contributed by atoms with Crippen molar-refractivity contribution in [3.63, 3.8) is 0 Å². The Balaban J connectivity index is 1.44. The Morgan fingerprint density at radius 3 is 2.71 bits per heavy atom. The SMILES string of the molecule is O=C(CSc1ncnc2scc(-c3ccccc3)c12)NC(=O)NC1CCCC1. The standard InChI is InChI=1S/C20H20N4O2S2/c25-16(24-20(26)23-14-8-4-5-9-14)11-28-19-17-15(13-6-2-1-3-7-13)10-27-18(17)21-12-22-19/h1-3,6-7,10,12,14H,4-5,8-9,11H2,(H2,23,24,25,26). The molecular formula is C20H20N4O2S2. The fourth-order valence-corrected chi connectivity index (χ4v) is 5.17. The van der Waals surface area contributed by atoms with E-state index in [2.05, 4.69) is 26.0 Å². The van der Waals surface area contributed by atoms with Gasteiger partial charge in [-0.15, -0.1) is 11.3 Å². The number of imide groups is 1. The van der Waals surface area contributed by atoms with Gasteiger partial charge < -0.3 is 5.32 Å². The van der Waals surface area contributed by atoms with Gasteiger partial charge in [0.25, 0.3) is 0 Å². The first-order valence-corrected chi connectivity index (χ1v) is 11.1. The van der Waals surface area contributed by atoms with Crippen molar-refractivity contribution in [1.82, 2.24) is 20.6 Å². The normalized spacial score (nSPS) is 14.3.